The van der Waals surface area contributed by atoms with Gasteiger partial charge in [0.15, 0.2) is 17.5 Å². The van der Waals surface area contributed by atoms with Gasteiger partial charge in [-0.2, -0.15) is 0 Å². The Bertz CT molecular complexity index is 739. The van der Waals surface area contributed by atoms with Gasteiger partial charge in [-0.05, 0) is 50.0 Å². The van der Waals surface area contributed by atoms with Crippen LogP contribution in [-0.2, 0) is 19.1 Å². The number of hydrogen-bond donors (Lipinski definition) is 0. The third-order valence-electron chi connectivity index (χ3n) is 4.47. The minimum Gasteiger partial charge on any atom is -0.430 e. The number of nitrogens with zero attached hydrogens (tertiary/aromatic N) is 1. The molecule has 0 aromatic heterocycles. The number of cyclic esters (lactones) is 1. The summed E-state index contributed by atoms with van der Waals surface area (Å²) in [5.74, 6) is -3.05. The topological polar surface area (TPSA) is 63.7 Å². The summed E-state index contributed by atoms with van der Waals surface area (Å²) in [6.45, 7) is 3.66. The number of carbonyl (C=O) groups is 3. The zero-order valence-electron chi connectivity index (χ0n) is 14.2. The Morgan fingerprint density at radius 2 is 1.80 bits per heavy atom. The number of ether oxygens (including phenoxy) is 1. The summed E-state index contributed by atoms with van der Waals surface area (Å²) in [4.78, 5) is 38.1. The number of rotatable bonds is 4. The summed E-state index contributed by atoms with van der Waals surface area (Å²) in [5, 5.41) is 0. The van der Waals surface area contributed by atoms with Crippen LogP contribution in [0.3, 0.4) is 0 Å². The van der Waals surface area contributed by atoms with Gasteiger partial charge in [0.2, 0.25) is 0 Å². The monoisotopic (exact) mass is 339 g/mol. The van der Waals surface area contributed by atoms with Crippen molar-refractivity contribution in [2.75, 3.05) is 18.0 Å². The molecular formula is C20H21NO4. The molecule has 1 aromatic carbocycles. The lowest BCUT2D eigenvalue weighted by Gasteiger charge is -2.28. The molecule has 2 heterocycles. The van der Waals surface area contributed by atoms with Crippen molar-refractivity contribution >= 4 is 29.3 Å². The summed E-state index contributed by atoms with van der Waals surface area (Å²) in [7, 11) is 0. The molecule has 1 saturated heterocycles. The molecule has 1 fully saturated rings. The normalized spacial score (nSPS) is 21.2. The molecule has 25 heavy (non-hydrogen) atoms. The molecule has 0 bridgehead atoms. The SMILES string of the molecule is CC1=CC(=O)[C@H](C(=O)/C=C/c2ccc(N3CCCCC3)cc2)C(=O)O1. The highest BCUT2D eigenvalue weighted by Crippen LogP contribution is 2.21. The molecule has 0 spiro atoms. The van der Waals surface area contributed by atoms with Gasteiger partial charge >= 0.3 is 5.97 Å². The zero-order chi connectivity index (χ0) is 17.8. The van der Waals surface area contributed by atoms with E-state index >= 15 is 0 Å². The van der Waals surface area contributed by atoms with Gasteiger partial charge in [-0.25, -0.2) is 0 Å². The van der Waals surface area contributed by atoms with E-state index in [4.69, 9.17) is 4.74 Å². The highest BCUT2D eigenvalue weighted by Gasteiger charge is 2.36. The Hall–Kier alpha value is -2.69. The Kier molecular flexibility index (Phi) is 5.12. The first kappa shape index (κ1) is 17.1. The summed E-state index contributed by atoms with van der Waals surface area (Å²) in [6, 6.07) is 7.92. The number of hydrogen-bond acceptors (Lipinski definition) is 5. The van der Waals surface area contributed by atoms with Gasteiger partial charge in [0.25, 0.3) is 0 Å². The second-order valence-electron chi connectivity index (χ2n) is 6.39. The fourth-order valence-corrected chi connectivity index (χ4v) is 3.13. The Morgan fingerprint density at radius 3 is 2.44 bits per heavy atom. The van der Waals surface area contributed by atoms with Crippen LogP contribution in [0.25, 0.3) is 6.08 Å². The third kappa shape index (κ3) is 4.05. The first-order chi connectivity index (χ1) is 12.0. The minimum atomic E-state index is -1.38. The number of piperidine rings is 1. The quantitative estimate of drug-likeness (QED) is 0.479. The fourth-order valence-electron chi connectivity index (χ4n) is 3.13. The first-order valence-electron chi connectivity index (χ1n) is 8.55. The lowest BCUT2D eigenvalue weighted by Crippen LogP contribution is -2.34. The van der Waals surface area contributed by atoms with Gasteiger partial charge in [-0.1, -0.05) is 18.2 Å². The van der Waals surface area contributed by atoms with Crippen molar-refractivity contribution in [3.8, 4) is 0 Å². The van der Waals surface area contributed by atoms with Crippen molar-refractivity contribution in [1.29, 1.82) is 0 Å². The lowest BCUT2D eigenvalue weighted by molar-refractivity contribution is -0.151. The van der Waals surface area contributed by atoms with Gasteiger partial charge in [0, 0.05) is 24.9 Å². The van der Waals surface area contributed by atoms with E-state index in [1.54, 1.807) is 6.08 Å². The van der Waals surface area contributed by atoms with E-state index in [0.29, 0.717) is 0 Å². The van der Waals surface area contributed by atoms with E-state index in [1.807, 2.05) is 24.3 Å². The summed E-state index contributed by atoms with van der Waals surface area (Å²) < 4.78 is 4.87. The van der Waals surface area contributed by atoms with Crippen molar-refractivity contribution in [3.63, 3.8) is 0 Å². The molecule has 5 heteroatoms. The van der Waals surface area contributed by atoms with E-state index in [0.717, 1.165) is 18.7 Å². The highest BCUT2D eigenvalue weighted by atomic mass is 16.5. The second kappa shape index (κ2) is 7.47. The van der Waals surface area contributed by atoms with Crippen LogP contribution in [0.15, 0.2) is 42.2 Å². The van der Waals surface area contributed by atoms with E-state index in [1.165, 1.54) is 44.0 Å². The van der Waals surface area contributed by atoms with Crippen LogP contribution in [0.4, 0.5) is 5.69 Å². The van der Waals surface area contributed by atoms with E-state index in [2.05, 4.69) is 4.90 Å². The maximum Gasteiger partial charge on any atom is 0.329 e. The van der Waals surface area contributed by atoms with E-state index < -0.39 is 23.5 Å². The molecule has 130 valence electrons. The predicted octanol–water partition coefficient (Wildman–Crippen LogP) is 2.91. The van der Waals surface area contributed by atoms with Crippen molar-refractivity contribution < 1.29 is 19.1 Å². The van der Waals surface area contributed by atoms with Crippen LogP contribution >= 0.6 is 0 Å². The molecule has 0 amide bonds. The second-order valence-corrected chi connectivity index (χ2v) is 6.39. The number of anilines is 1. The summed E-state index contributed by atoms with van der Waals surface area (Å²) in [5.41, 5.74) is 2.02. The third-order valence-corrected chi connectivity index (χ3v) is 4.47. The van der Waals surface area contributed by atoms with Crippen molar-refractivity contribution in [2.24, 2.45) is 5.92 Å². The van der Waals surface area contributed by atoms with Crippen molar-refractivity contribution in [3.05, 3.63) is 47.7 Å². The molecule has 0 saturated carbocycles. The van der Waals surface area contributed by atoms with Crippen LogP contribution in [-0.4, -0.2) is 30.6 Å². The molecule has 0 radical (unpaired) electrons. The smallest absolute Gasteiger partial charge is 0.329 e. The number of allylic oxidation sites excluding steroid dienone is 3. The van der Waals surface area contributed by atoms with Crippen LogP contribution in [0.2, 0.25) is 0 Å². The first-order valence-corrected chi connectivity index (χ1v) is 8.55. The number of benzene rings is 1. The predicted molar refractivity (Wildman–Crippen MR) is 94.9 cm³/mol. The van der Waals surface area contributed by atoms with Crippen molar-refractivity contribution in [2.45, 2.75) is 26.2 Å². The molecule has 3 rings (SSSR count). The summed E-state index contributed by atoms with van der Waals surface area (Å²) >= 11 is 0. The molecule has 2 aliphatic rings. The molecule has 0 N–H and O–H groups in total. The average Bonchev–Trinajstić information content (AvgIpc) is 2.60. The van der Waals surface area contributed by atoms with Crippen molar-refractivity contribution in [1.82, 2.24) is 0 Å². The maximum absolute atomic E-state index is 12.2. The van der Waals surface area contributed by atoms with E-state index in [-0.39, 0.29) is 5.76 Å². The maximum atomic E-state index is 12.2. The molecule has 5 nitrogen and oxygen atoms in total. The molecule has 2 aliphatic heterocycles. The van der Waals surface area contributed by atoms with Crippen LogP contribution < -0.4 is 4.90 Å². The Balaban J connectivity index is 1.66. The largest absolute Gasteiger partial charge is 0.430 e. The Morgan fingerprint density at radius 1 is 1.12 bits per heavy atom. The van der Waals surface area contributed by atoms with Gasteiger partial charge in [-0.3, -0.25) is 14.4 Å². The molecular weight excluding hydrogens is 318 g/mol. The number of carbonyl (C=O) groups excluding carboxylic acids is 3. The van der Waals surface area contributed by atoms with Gasteiger partial charge in [0.1, 0.15) is 5.76 Å². The molecule has 1 aromatic rings. The van der Waals surface area contributed by atoms with Gasteiger partial charge in [-0.15, -0.1) is 0 Å². The molecule has 0 unspecified atom stereocenters. The highest BCUT2D eigenvalue weighted by molar-refractivity contribution is 6.25. The number of ketones is 2. The molecule has 1 atom stereocenters. The standard InChI is InChI=1S/C20H21NO4/c1-14-13-18(23)19(20(24)25-14)17(22)10-7-15-5-8-16(9-6-15)21-11-3-2-4-12-21/h5-10,13,19H,2-4,11-12H2,1H3/b10-7+/t19-/m0/s1. The van der Waals surface area contributed by atoms with Crippen LogP contribution in [0.1, 0.15) is 31.7 Å². The molecule has 0 aliphatic carbocycles. The zero-order valence-corrected chi connectivity index (χ0v) is 14.2. The summed E-state index contributed by atoms with van der Waals surface area (Å²) in [6.07, 6.45) is 7.80. The van der Waals surface area contributed by atoms with E-state index in [9.17, 15) is 14.4 Å². The Labute approximate surface area is 147 Å². The van der Waals surface area contributed by atoms with Crippen LogP contribution in [0, 0.1) is 5.92 Å². The average molecular weight is 339 g/mol. The van der Waals surface area contributed by atoms with Gasteiger partial charge < -0.3 is 9.64 Å². The lowest BCUT2D eigenvalue weighted by atomic mass is 9.96. The minimum absolute atomic E-state index is 0.219. The van der Waals surface area contributed by atoms with Crippen LogP contribution in [0.5, 0.6) is 0 Å². The number of esters is 1. The van der Waals surface area contributed by atoms with Gasteiger partial charge in [0.05, 0.1) is 0 Å². The fraction of sp³-hybridized carbons (Fsp3) is 0.350.